The molecule has 0 saturated carbocycles. The normalized spacial score (nSPS) is 10.1. The Hall–Kier alpha value is -2.40. The Bertz CT molecular complexity index is 691. The molecule has 0 aliphatic carbocycles. The van der Waals surface area contributed by atoms with Gasteiger partial charge in [-0.25, -0.2) is 9.18 Å². The van der Waals surface area contributed by atoms with Crippen LogP contribution in [-0.4, -0.2) is 11.9 Å². The van der Waals surface area contributed by atoms with Gasteiger partial charge in [0.1, 0.15) is 5.82 Å². The van der Waals surface area contributed by atoms with E-state index in [0.717, 1.165) is 11.1 Å². The maximum absolute atomic E-state index is 13.3. The average Bonchev–Trinajstić information content (AvgIpc) is 2.55. The Morgan fingerprint density at radius 2 is 1.86 bits per heavy atom. The molecule has 0 radical (unpaired) electrons. The standard InChI is InChI=1S/C16H13ClFNO3/c1-2-15(20)22-19(12-8-9-14(18)13(17)10-12)16(21)11-6-4-3-5-7-11/h3-10H,2H2,1H3. The van der Waals surface area contributed by atoms with Gasteiger partial charge in [-0.1, -0.05) is 36.7 Å². The van der Waals surface area contributed by atoms with E-state index in [4.69, 9.17) is 16.4 Å². The fourth-order valence-electron chi connectivity index (χ4n) is 1.69. The monoisotopic (exact) mass is 321 g/mol. The summed E-state index contributed by atoms with van der Waals surface area (Å²) in [6.07, 6.45) is 0.0908. The summed E-state index contributed by atoms with van der Waals surface area (Å²) in [7, 11) is 0. The Kier molecular flexibility index (Phi) is 5.12. The fourth-order valence-corrected chi connectivity index (χ4v) is 1.86. The van der Waals surface area contributed by atoms with Gasteiger partial charge in [0.05, 0.1) is 10.7 Å². The third-order valence-electron chi connectivity index (χ3n) is 2.82. The molecule has 6 heteroatoms. The number of amides is 1. The highest BCUT2D eigenvalue weighted by Crippen LogP contribution is 2.24. The summed E-state index contributed by atoms with van der Waals surface area (Å²) in [5.74, 6) is -1.77. The second kappa shape index (κ2) is 7.04. The Morgan fingerprint density at radius 3 is 2.45 bits per heavy atom. The van der Waals surface area contributed by atoms with Crippen molar-refractivity contribution in [2.24, 2.45) is 0 Å². The number of hydrogen-bond acceptors (Lipinski definition) is 3. The first-order chi connectivity index (χ1) is 10.5. The number of benzene rings is 2. The molecule has 2 aromatic carbocycles. The largest absolute Gasteiger partial charge is 0.333 e. The van der Waals surface area contributed by atoms with E-state index < -0.39 is 17.7 Å². The van der Waals surface area contributed by atoms with Crippen molar-refractivity contribution in [3.8, 4) is 0 Å². The molecule has 4 nitrogen and oxygen atoms in total. The number of anilines is 1. The van der Waals surface area contributed by atoms with Crippen LogP contribution in [0.2, 0.25) is 5.02 Å². The summed E-state index contributed by atoms with van der Waals surface area (Å²) < 4.78 is 13.3. The van der Waals surface area contributed by atoms with Gasteiger partial charge in [-0.3, -0.25) is 4.79 Å². The number of hydroxylamine groups is 1. The van der Waals surface area contributed by atoms with Crippen LogP contribution < -0.4 is 5.06 Å². The van der Waals surface area contributed by atoms with Crippen LogP contribution in [0, 0.1) is 5.82 Å². The van der Waals surface area contributed by atoms with Crippen molar-refractivity contribution < 1.29 is 18.8 Å². The van der Waals surface area contributed by atoms with Crippen molar-refractivity contribution in [3.63, 3.8) is 0 Å². The van der Waals surface area contributed by atoms with Gasteiger partial charge in [-0.15, -0.1) is 5.06 Å². The summed E-state index contributed by atoms with van der Waals surface area (Å²) in [6, 6.07) is 11.9. The van der Waals surface area contributed by atoms with Crippen LogP contribution in [-0.2, 0) is 9.63 Å². The third-order valence-corrected chi connectivity index (χ3v) is 3.11. The smallest absolute Gasteiger partial charge is 0.332 e. The third kappa shape index (κ3) is 3.62. The maximum Gasteiger partial charge on any atom is 0.332 e. The molecule has 0 spiro atoms. The molecule has 0 aliphatic heterocycles. The van der Waals surface area contributed by atoms with Crippen molar-refractivity contribution in [3.05, 3.63) is 64.9 Å². The number of rotatable bonds is 3. The van der Waals surface area contributed by atoms with Gasteiger partial charge < -0.3 is 4.84 Å². The van der Waals surface area contributed by atoms with Crippen LogP contribution in [0.25, 0.3) is 0 Å². The Labute approximate surface area is 132 Å². The van der Waals surface area contributed by atoms with Gasteiger partial charge in [0.25, 0.3) is 5.91 Å². The van der Waals surface area contributed by atoms with Gasteiger partial charge in [-0.2, -0.15) is 0 Å². The quantitative estimate of drug-likeness (QED) is 0.803. The van der Waals surface area contributed by atoms with E-state index in [1.807, 2.05) is 0 Å². The zero-order valence-electron chi connectivity index (χ0n) is 11.8. The van der Waals surface area contributed by atoms with Crippen molar-refractivity contribution in [2.45, 2.75) is 13.3 Å². The molecule has 0 heterocycles. The molecule has 114 valence electrons. The molecule has 2 rings (SSSR count). The topological polar surface area (TPSA) is 46.6 Å². The van der Waals surface area contributed by atoms with E-state index in [1.165, 1.54) is 12.1 Å². The SMILES string of the molecule is CCC(=O)ON(C(=O)c1ccccc1)c1ccc(F)c(Cl)c1. The molecule has 0 N–H and O–H groups in total. The van der Waals surface area contributed by atoms with E-state index in [0.29, 0.717) is 5.56 Å². The Balaban J connectivity index is 2.39. The van der Waals surface area contributed by atoms with Gasteiger partial charge >= 0.3 is 5.97 Å². The van der Waals surface area contributed by atoms with E-state index in [9.17, 15) is 14.0 Å². The lowest BCUT2D eigenvalue weighted by Gasteiger charge is -2.21. The van der Waals surface area contributed by atoms with Crippen LogP contribution in [0.4, 0.5) is 10.1 Å². The zero-order valence-corrected chi connectivity index (χ0v) is 12.5. The van der Waals surface area contributed by atoms with Crippen molar-refractivity contribution >= 4 is 29.2 Å². The highest BCUT2D eigenvalue weighted by Gasteiger charge is 2.22. The molecule has 0 saturated heterocycles. The minimum Gasteiger partial charge on any atom is -0.333 e. The lowest BCUT2D eigenvalue weighted by Crippen LogP contribution is -2.33. The first-order valence-corrected chi connectivity index (χ1v) is 6.96. The molecule has 1 amide bonds. The number of hydrogen-bond donors (Lipinski definition) is 0. The predicted octanol–water partition coefficient (Wildman–Crippen LogP) is 3.99. The molecular formula is C16H13ClFNO3. The number of carbonyl (C=O) groups is 2. The van der Waals surface area contributed by atoms with Crippen LogP contribution in [0.15, 0.2) is 48.5 Å². The van der Waals surface area contributed by atoms with E-state index in [2.05, 4.69) is 0 Å². The van der Waals surface area contributed by atoms with Crippen LogP contribution in [0.3, 0.4) is 0 Å². The molecule has 22 heavy (non-hydrogen) atoms. The summed E-state index contributed by atoms with van der Waals surface area (Å²) in [5.41, 5.74) is 0.494. The van der Waals surface area contributed by atoms with Crippen molar-refractivity contribution in [1.29, 1.82) is 0 Å². The lowest BCUT2D eigenvalue weighted by atomic mass is 10.2. The molecule has 0 unspecified atom stereocenters. The highest BCUT2D eigenvalue weighted by atomic mass is 35.5. The van der Waals surface area contributed by atoms with Gasteiger partial charge in [0.2, 0.25) is 0 Å². The van der Waals surface area contributed by atoms with Crippen LogP contribution in [0.1, 0.15) is 23.7 Å². The Morgan fingerprint density at radius 1 is 1.18 bits per heavy atom. The van der Waals surface area contributed by atoms with Crippen LogP contribution >= 0.6 is 11.6 Å². The second-order valence-corrected chi connectivity index (χ2v) is 4.79. The molecule has 0 atom stereocenters. The molecule has 0 fully saturated rings. The molecule has 0 aliphatic rings. The summed E-state index contributed by atoms with van der Waals surface area (Å²) >= 11 is 5.73. The molecular weight excluding hydrogens is 309 g/mol. The van der Waals surface area contributed by atoms with Crippen molar-refractivity contribution in [2.75, 3.05) is 5.06 Å². The first kappa shape index (κ1) is 16.0. The van der Waals surface area contributed by atoms with E-state index >= 15 is 0 Å². The highest BCUT2D eigenvalue weighted by molar-refractivity contribution is 6.31. The maximum atomic E-state index is 13.3. The first-order valence-electron chi connectivity index (χ1n) is 6.58. The molecule has 2 aromatic rings. The van der Waals surface area contributed by atoms with Crippen LogP contribution in [0.5, 0.6) is 0 Å². The second-order valence-electron chi connectivity index (χ2n) is 4.38. The summed E-state index contributed by atoms with van der Waals surface area (Å²) in [4.78, 5) is 29.1. The summed E-state index contributed by atoms with van der Waals surface area (Å²) in [6.45, 7) is 1.60. The van der Waals surface area contributed by atoms with Gasteiger partial charge in [0, 0.05) is 12.0 Å². The number of nitrogens with zero attached hydrogens (tertiary/aromatic N) is 1. The number of carbonyl (C=O) groups excluding carboxylic acids is 2. The van der Waals surface area contributed by atoms with E-state index in [1.54, 1.807) is 37.3 Å². The zero-order chi connectivity index (χ0) is 16.1. The van der Waals surface area contributed by atoms with Crippen molar-refractivity contribution in [1.82, 2.24) is 0 Å². The minimum absolute atomic E-state index is 0.0908. The van der Waals surface area contributed by atoms with E-state index in [-0.39, 0.29) is 17.1 Å². The van der Waals surface area contributed by atoms with Gasteiger partial charge in [-0.05, 0) is 30.3 Å². The fraction of sp³-hybridized carbons (Fsp3) is 0.125. The lowest BCUT2D eigenvalue weighted by molar-refractivity contribution is -0.143. The molecule has 0 aromatic heterocycles. The average molecular weight is 322 g/mol. The predicted molar refractivity (Wildman–Crippen MR) is 81.0 cm³/mol. The number of halogens is 2. The minimum atomic E-state index is -0.626. The molecule has 0 bridgehead atoms. The van der Waals surface area contributed by atoms with Gasteiger partial charge in [0.15, 0.2) is 0 Å². The summed E-state index contributed by atoms with van der Waals surface area (Å²) in [5, 5.41) is 0.642.